The number of esters is 1. The lowest BCUT2D eigenvalue weighted by molar-refractivity contribution is -0.195. The number of amides is 1. The van der Waals surface area contributed by atoms with E-state index in [4.69, 9.17) is 4.74 Å². The van der Waals surface area contributed by atoms with Crippen molar-refractivity contribution in [1.82, 2.24) is 10.2 Å². The third kappa shape index (κ3) is 7.65. The highest BCUT2D eigenvalue weighted by Gasteiger charge is 2.73. The Labute approximate surface area is 344 Å². The van der Waals surface area contributed by atoms with Crippen molar-refractivity contribution < 1.29 is 54.2 Å². The monoisotopic (exact) mass is 821 g/mol. The highest BCUT2D eigenvalue weighted by atomic mass is 19.1. The second-order valence-electron chi connectivity index (χ2n) is 20.1. The molecule has 5 rings (SSSR count). The van der Waals surface area contributed by atoms with E-state index in [0.717, 1.165) is 5.57 Å². The van der Waals surface area contributed by atoms with Crippen molar-refractivity contribution in [3.63, 3.8) is 0 Å². The summed E-state index contributed by atoms with van der Waals surface area (Å²) in [5.74, 6) is -4.78. The van der Waals surface area contributed by atoms with Gasteiger partial charge in [-0.3, -0.25) is 19.3 Å². The zero-order chi connectivity index (χ0) is 43.6. The summed E-state index contributed by atoms with van der Waals surface area (Å²) in [5, 5.41) is 72.5. The number of aliphatic hydroxyl groups excluding tert-OH is 3. The van der Waals surface area contributed by atoms with Crippen LogP contribution in [-0.2, 0) is 19.1 Å². The maximum atomic E-state index is 17.8. The summed E-state index contributed by atoms with van der Waals surface area (Å²) in [6.07, 6.45) is 2.36. The molecule has 17 atom stereocenters. The number of aliphatic hydroxyl groups is 6. The number of hydrogen-bond acceptors (Lipinski definition) is 11. The van der Waals surface area contributed by atoms with E-state index in [1.54, 1.807) is 32.9 Å². The lowest BCUT2D eigenvalue weighted by Crippen LogP contribution is -2.67. The first-order valence-corrected chi connectivity index (χ1v) is 21.8. The molecule has 0 radical (unpaired) electrons. The molecule has 0 aromatic rings. The molecule has 0 spiro atoms. The summed E-state index contributed by atoms with van der Waals surface area (Å²) < 4.78 is 23.5. The van der Waals surface area contributed by atoms with Crippen LogP contribution in [0.1, 0.15) is 121 Å². The van der Waals surface area contributed by atoms with Crippen LogP contribution in [0.3, 0.4) is 0 Å². The summed E-state index contributed by atoms with van der Waals surface area (Å²) >= 11 is 0. The van der Waals surface area contributed by atoms with Crippen LogP contribution in [-0.4, -0.2) is 126 Å². The van der Waals surface area contributed by atoms with Crippen molar-refractivity contribution in [1.29, 1.82) is 0 Å². The standard InChI is InChI=1S/C45H73FN2O10/c1-11-34-43(10,56)37(52)29(6)48(24-25(2)22-42(9,55)36(51)27(4)35(50)28(5)38(53)58-34)20-12-19-47-39(54)44(57)18-16-32-33-14-13-30-21-31(49)15-17-40(30,7)45(33,46)26(3)23-41(32,44)8/h15,17,21,25-29,32-37,50-52,55-57H,11-14,16,18-20,22-24H2,1-10H3,(H,47,54)/t25-,26+,27+,28-,29-,32?,33?,34-,35+,36-,37-,40+,41+,42-,43-,44+,45-/m1/s1. The normalized spacial score (nSPS) is 49.4. The van der Waals surface area contributed by atoms with Crippen LogP contribution in [0.25, 0.3) is 0 Å². The smallest absolute Gasteiger partial charge is 0.311 e. The minimum absolute atomic E-state index is 0.117. The first-order chi connectivity index (χ1) is 26.7. The average Bonchev–Trinajstić information content (AvgIpc) is 3.42. The largest absolute Gasteiger partial charge is 0.459 e. The predicted octanol–water partition coefficient (Wildman–Crippen LogP) is 3.78. The zero-order valence-electron chi connectivity index (χ0n) is 36.5. The number of fused-ring (bicyclic) bond motifs is 5. The van der Waals surface area contributed by atoms with Gasteiger partial charge in [0, 0.05) is 42.4 Å². The first kappa shape index (κ1) is 46.8. The van der Waals surface area contributed by atoms with E-state index in [-0.39, 0.29) is 43.4 Å². The molecule has 1 amide bonds. The molecule has 4 fully saturated rings. The summed E-state index contributed by atoms with van der Waals surface area (Å²) in [6.45, 7) is 17.8. The Morgan fingerprint density at radius 2 is 1.62 bits per heavy atom. The molecule has 0 aromatic heterocycles. The second-order valence-corrected chi connectivity index (χ2v) is 20.1. The lowest BCUT2D eigenvalue weighted by Gasteiger charge is -2.63. The number of carbonyl (C=O) groups is 3. The van der Waals surface area contributed by atoms with Crippen LogP contribution >= 0.6 is 0 Å². The highest BCUT2D eigenvalue weighted by molar-refractivity contribution is 6.01. The molecule has 5 aliphatic rings. The van der Waals surface area contributed by atoms with Crippen molar-refractivity contribution in [2.75, 3.05) is 19.6 Å². The Bertz CT molecular complexity index is 1620. The van der Waals surface area contributed by atoms with Gasteiger partial charge in [-0.25, -0.2) is 4.39 Å². The van der Waals surface area contributed by atoms with Crippen molar-refractivity contribution >= 4 is 17.7 Å². The number of alkyl halides is 1. The number of allylic oxidation sites excluding steroid dienone is 4. The molecule has 0 bridgehead atoms. The van der Waals surface area contributed by atoms with Gasteiger partial charge in [0.15, 0.2) is 5.78 Å². The molecule has 7 N–H and O–H groups in total. The topological polar surface area (TPSA) is 197 Å². The quantitative estimate of drug-likeness (QED) is 0.152. The van der Waals surface area contributed by atoms with Gasteiger partial charge in [-0.15, -0.1) is 0 Å². The van der Waals surface area contributed by atoms with Gasteiger partial charge in [0.25, 0.3) is 5.91 Å². The van der Waals surface area contributed by atoms with Crippen LogP contribution in [0.15, 0.2) is 23.8 Å². The van der Waals surface area contributed by atoms with Gasteiger partial charge in [0.2, 0.25) is 0 Å². The molecule has 12 nitrogen and oxygen atoms in total. The van der Waals surface area contributed by atoms with Crippen LogP contribution in [0.5, 0.6) is 0 Å². The molecule has 1 saturated heterocycles. The van der Waals surface area contributed by atoms with Gasteiger partial charge in [0.1, 0.15) is 29.1 Å². The van der Waals surface area contributed by atoms with Crippen LogP contribution in [0.4, 0.5) is 4.39 Å². The van der Waals surface area contributed by atoms with E-state index in [0.29, 0.717) is 45.2 Å². The van der Waals surface area contributed by atoms with Gasteiger partial charge in [0.05, 0.1) is 23.7 Å². The molecule has 4 aliphatic carbocycles. The Balaban J connectivity index is 1.31. The molecule has 13 heteroatoms. The van der Waals surface area contributed by atoms with Gasteiger partial charge < -0.3 is 40.7 Å². The Morgan fingerprint density at radius 1 is 0.966 bits per heavy atom. The third-order valence-corrected chi connectivity index (χ3v) is 16.2. The zero-order valence-corrected chi connectivity index (χ0v) is 36.5. The summed E-state index contributed by atoms with van der Waals surface area (Å²) in [5.41, 5.74) is -7.88. The molecule has 3 saturated carbocycles. The Kier molecular flexibility index (Phi) is 13.4. The predicted molar refractivity (Wildman–Crippen MR) is 217 cm³/mol. The molecule has 2 unspecified atom stereocenters. The molecule has 1 aliphatic heterocycles. The highest BCUT2D eigenvalue weighted by Crippen LogP contribution is 2.71. The van der Waals surface area contributed by atoms with Crippen molar-refractivity contribution in [2.24, 2.45) is 46.3 Å². The SMILES string of the molecule is CC[C@H]1OC(=O)[C@H](C)[C@@H](O)[C@H](C)[C@@H](O)[C@](C)(O)C[C@@H](C)CN(CCCNC(=O)[C@@]2(O)CCC3C4CCC5=CC(=O)C=C[C@]5(C)[C@@]4(F)[C@@H](C)C[C@@]32C)[C@H](C)[C@@H](O)[C@]1(C)O. The lowest BCUT2D eigenvalue weighted by atomic mass is 9.43. The minimum atomic E-state index is -1.90. The van der Waals surface area contributed by atoms with Gasteiger partial charge in [-0.1, -0.05) is 46.3 Å². The minimum Gasteiger partial charge on any atom is -0.459 e. The number of ketones is 1. The summed E-state index contributed by atoms with van der Waals surface area (Å²) in [4.78, 5) is 41.5. The molecule has 58 heavy (non-hydrogen) atoms. The molecule has 1 heterocycles. The molecule has 0 aromatic carbocycles. The molecule has 330 valence electrons. The van der Waals surface area contributed by atoms with Crippen LogP contribution in [0, 0.1) is 46.3 Å². The van der Waals surface area contributed by atoms with Gasteiger partial charge >= 0.3 is 5.97 Å². The average molecular weight is 821 g/mol. The van der Waals surface area contributed by atoms with E-state index >= 15 is 4.39 Å². The van der Waals surface area contributed by atoms with Crippen molar-refractivity contribution in [2.45, 2.75) is 174 Å². The van der Waals surface area contributed by atoms with Crippen LogP contribution < -0.4 is 5.32 Å². The number of cyclic esters (lactones) is 1. The van der Waals surface area contributed by atoms with Crippen molar-refractivity contribution in [3.8, 4) is 0 Å². The van der Waals surface area contributed by atoms with E-state index in [9.17, 15) is 45.0 Å². The molecular formula is C45H73FN2O10. The second kappa shape index (κ2) is 16.5. The van der Waals surface area contributed by atoms with Crippen molar-refractivity contribution in [3.05, 3.63) is 23.8 Å². The van der Waals surface area contributed by atoms with Gasteiger partial charge in [-0.2, -0.15) is 0 Å². The third-order valence-electron chi connectivity index (χ3n) is 16.2. The molecular weight excluding hydrogens is 747 g/mol. The summed E-state index contributed by atoms with van der Waals surface area (Å²) in [6, 6.07) is -0.698. The first-order valence-electron chi connectivity index (χ1n) is 21.8. The number of rotatable bonds is 6. The number of halogens is 1. The van der Waals surface area contributed by atoms with E-state index in [1.807, 2.05) is 32.6 Å². The fourth-order valence-corrected chi connectivity index (χ4v) is 12.6. The number of hydrogen-bond donors (Lipinski definition) is 7. The number of carbonyl (C=O) groups excluding carboxylic acids is 3. The number of ether oxygens (including phenoxy) is 1. The van der Waals surface area contributed by atoms with Gasteiger partial charge in [-0.05, 0) is 122 Å². The number of nitrogens with zero attached hydrogens (tertiary/aromatic N) is 1. The Hall–Kier alpha value is -2.26. The Morgan fingerprint density at radius 3 is 2.26 bits per heavy atom. The van der Waals surface area contributed by atoms with E-state index in [1.165, 1.54) is 26.8 Å². The van der Waals surface area contributed by atoms with E-state index < -0.39 is 99.3 Å². The van der Waals surface area contributed by atoms with E-state index in [2.05, 4.69) is 5.32 Å². The number of nitrogens with one attached hydrogen (secondary N) is 1. The maximum Gasteiger partial charge on any atom is 0.311 e. The maximum absolute atomic E-state index is 17.8. The summed E-state index contributed by atoms with van der Waals surface area (Å²) in [7, 11) is 0. The fourth-order valence-electron chi connectivity index (χ4n) is 12.6. The fraction of sp³-hybridized carbons (Fsp3) is 0.844. The van der Waals surface area contributed by atoms with Crippen LogP contribution in [0.2, 0.25) is 0 Å².